The molecule has 35 heavy (non-hydrogen) atoms. The number of halogens is 1. The van der Waals surface area contributed by atoms with Gasteiger partial charge in [-0.3, -0.25) is 15.1 Å². The maximum Gasteiger partial charge on any atom is 0.259 e. The van der Waals surface area contributed by atoms with Gasteiger partial charge in [-0.1, -0.05) is 29.8 Å². The van der Waals surface area contributed by atoms with Crippen LogP contribution in [0, 0.1) is 6.92 Å². The fraction of sp³-hybridized carbons (Fsp3) is 0.231. The second kappa shape index (κ2) is 10.0. The second-order valence-corrected chi connectivity index (χ2v) is 9.84. The van der Waals surface area contributed by atoms with Crippen LogP contribution in [0.25, 0.3) is 11.1 Å². The van der Waals surface area contributed by atoms with Gasteiger partial charge in [-0.15, -0.1) is 11.3 Å². The number of aromatic nitrogens is 3. The number of aryl methyl sites for hydroxylation is 2. The lowest BCUT2D eigenvalue weighted by molar-refractivity contribution is 0.102. The fourth-order valence-corrected chi connectivity index (χ4v) is 5.48. The highest BCUT2D eigenvalue weighted by Gasteiger charge is 2.24. The summed E-state index contributed by atoms with van der Waals surface area (Å²) in [6.45, 7) is 1.87. The first-order valence-corrected chi connectivity index (χ1v) is 12.5. The summed E-state index contributed by atoms with van der Waals surface area (Å²) in [5.74, 6) is 0.239. The number of nitrogens with one attached hydrogen (secondary N) is 2. The summed E-state index contributed by atoms with van der Waals surface area (Å²) >= 11 is 7.68. The Hall–Kier alpha value is -3.49. The Kier molecular flexibility index (Phi) is 6.66. The second-order valence-electron chi connectivity index (χ2n) is 8.37. The van der Waals surface area contributed by atoms with Gasteiger partial charge in [0.05, 0.1) is 24.6 Å². The van der Waals surface area contributed by atoms with Gasteiger partial charge in [0.25, 0.3) is 5.91 Å². The predicted molar refractivity (Wildman–Crippen MR) is 140 cm³/mol. The Bertz CT molecular complexity index is 1380. The van der Waals surface area contributed by atoms with Crippen LogP contribution in [0.4, 0.5) is 10.8 Å². The number of methoxy groups -OCH3 is 1. The van der Waals surface area contributed by atoms with E-state index in [9.17, 15) is 4.79 Å². The van der Waals surface area contributed by atoms with Crippen LogP contribution in [0.15, 0.2) is 54.9 Å². The number of carbonyl (C=O) groups excluding carboxylic acids is 1. The third-order valence-electron chi connectivity index (χ3n) is 5.93. The van der Waals surface area contributed by atoms with Crippen LogP contribution in [0.3, 0.4) is 0 Å². The van der Waals surface area contributed by atoms with Crippen molar-refractivity contribution in [3.05, 3.63) is 81.8 Å². The molecule has 0 radical (unpaired) electrons. The Morgan fingerprint density at radius 1 is 1.14 bits per heavy atom. The van der Waals surface area contributed by atoms with Crippen molar-refractivity contribution in [3.8, 4) is 16.9 Å². The molecule has 5 rings (SSSR count). The summed E-state index contributed by atoms with van der Waals surface area (Å²) in [6, 6.07) is 14.1. The minimum Gasteiger partial charge on any atom is -0.494 e. The number of hydrogen-bond acceptors (Lipinski definition) is 7. The van der Waals surface area contributed by atoms with Crippen molar-refractivity contribution in [2.75, 3.05) is 17.7 Å². The highest BCUT2D eigenvalue weighted by Crippen LogP contribution is 2.35. The van der Waals surface area contributed by atoms with Crippen LogP contribution in [0.2, 0.25) is 5.15 Å². The molecule has 0 bridgehead atoms. The summed E-state index contributed by atoms with van der Waals surface area (Å²) in [5.41, 5.74) is 4.70. The van der Waals surface area contributed by atoms with Gasteiger partial charge < -0.3 is 10.1 Å². The van der Waals surface area contributed by atoms with Crippen molar-refractivity contribution < 1.29 is 9.53 Å². The zero-order chi connectivity index (χ0) is 24.4. The third-order valence-corrected chi connectivity index (χ3v) is 7.18. The SMILES string of the molecule is COc1cnc(Cl)cc1-c1cc(C)ncc1C(=O)Nc1nc2c(s1)CC(Nc1ccccc1)CC2. The van der Waals surface area contributed by atoms with Gasteiger partial charge in [0.2, 0.25) is 0 Å². The number of rotatable bonds is 6. The average Bonchev–Trinajstić information content (AvgIpc) is 3.26. The number of pyridine rings is 2. The topological polar surface area (TPSA) is 89.0 Å². The number of ether oxygens (including phenoxy) is 1. The Balaban J connectivity index is 1.37. The van der Waals surface area contributed by atoms with E-state index in [0.29, 0.717) is 38.8 Å². The van der Waals surface area contributed by atoms with E-state index in [1.54, 1.807) is 25.6 Å². The monoisotopic (exact) mass is 505 g/mol. The molecule has 1 unspecified atom stereocenters. The van der Waals surface area contributed by atoms with E-state index in [0.717, 1.165) is 36.3 Å². The number of carbonyl (C=O) groups is 1. The maximum atomic E-state index is 13.3. The molecule has 3 heterocycles. The van der Waals surface area contributed by atoms with E-state index in [2.05, 4.69) is 32.7 Å². The number of para-hydroxylation sites is 1. The number of hydrogen-bond donors (Lipinski definition) is 2. The van der Waals surface area contributed by atoms with E-state index in [1.807, 2.05) is 31.2 Å². The first-order valence-electron chi connectivity index (χ1n) is 11.3. The van der Waals surface area contributed by atoms with Crippen molar-refractivity contribution >= 4 is 39.7 Å². The molecule has 178 valence electrons. The molecule has 2 N–H and O–H groups in total. The van der Waals surface area contributed by atoms with Gasteiger partial charge in [-0.05, 0) is 44.0 Å². The molecule has 0 aliphatic heterocycles. The van der Waals surface area contributed by atoms with Gasteiger partial charge in [0.15, 0.2) is 5.13 Å². The van der Waals surface area contributed by atoms with Gasteiger partial charge in [-0.2, -0.15) is 0 Å². The lowest BCUT2D eigenvalue weighted by Gasteiger charge is -2.23. The first-order chi connectivity index (χ1) is 17.0. The number of thiazole rings is 1. The summed E-state index contributed by atoms with van der Waals surface area (Å²) in [5, 5.41) is 7.48. The normalized spacial score (nSPS) is 14.8. The zero-order valence-electron chi connectivity index (χ0n) is 19.3. The average molecular weight is 506 g/mol. The zero-order valence-corrected chi connectivity index (χ0v) is 20.9. The molecule has 9 heteroatoms. The Morgan fingerprint density at radius 2 is 1.97 bits per heavy atom. The molecule has 7 nitrogen and oxygen atoms in total. The Labute approximate surface area is 212 Å². The molecule has 0 saturated carbocycles. The van der Waals surface area contributed by atoms with Gasteiger partial charge in [0.1, 0.15) is 10.9 Å². The molecule has 1 aliphatic rings. The van der Waals surface area contributed by atoms with Gasteiger partial charge in [-0.25, -0.2) is 9.97 Å². The molecule has 1 amide bonds. The van der Waals surface area contributed by atoms with Gasteiger partial charge in [0, 0.05) is 46.0 Å². The van der Waals surface area contributed by atoms with Crippen LogP contribution in [0.5, 0.6) is 5.75 Å². The molecule has 1 aromatic carbocycles. The number of fused-ring (bicyclic) bond motifs is 1. The number of anilines is 2. The van der Waals surface area contributed by atoms with Crippen LogP contribution in [-0.4, -0.2) is 34.0 Å². The van der Waals surface area contributed by atoms with Crippen molar-refractivity contribution in [1.82, 2.24) is 15.0 Å². The van der Waals surface area contributed by atoms with E-state index in [1.165, 1.54) is 16.2 Å². The summed E-state index contributed by atoms with van der Waals surface area (Å²) in [6.07, 6.45) is 5.86. The number of amides is 1. The third kappa shape index (κ3) is 5.13. The predicted octanol–water partition coefficient (Wildman–Crippen LogP) is 5.79. The molecule has 0 saturated heterocycles. The van der Waals surface area contributed by atoms with Crippen molar-refractivity contribution in [2.45, 2.75) is 32.2 Å². The van der Waals surface area contributed by atoms with Crippen LogP contribution < -0.4 is 15.4 Å². The molecule has 1 atom stereocenters. The molecular formula is C26H24ClN5O2S. The van der Waals surface area contributed by atoms with E-state index < -0.39 is 0 Å². The molecular weight excluding hydrogens is 482 g/mol. The minimum absolute atomic E-state index is 0.285. The number of benzene rings is 1. The highest BCUT2D eigenvalue weighted by atomic mass is 35.5. The Morgan fingerprint density at radius 3 is 2.77 bits per heavy atom. The molecule has 4 aromatic rings. The van der Waals surface area contributed by atoms with Crippen LogP contribution in [-0.2, 0) is 12.8 Å². The van der Waals surface area contributed by atoms with Crippen molar-refractivity contribution in [1.29, 1.82) is 0 Å². The van der Waals surface area contributed by atoms with Gasteiger partial charge >= 0.3 is 0 Å². The smallest absolute Gasteiger partial charge is 0.259 e. The van der Waals surface area contributed by atoms with Crippen LogP contribution in [0.1, 0.15) is 33.0 Å². The standard InChI is InChI=1S/C26H24ClN5O2S/c1-15-10-18(19-12-24(27)29-14-22(19)34-2)20(13-28-15)25(33)32-26-31-21-9-8-17(11-23(21)35-26)30-16-6-4-3-5-7-16/h3-7,10,12-14,17,30H,8-9,11H2,1-2H3,(H,31,32,33). The first kappa shape index (κ1) is 23.3. The summed E-state index contributed by atoms with van der Waals surface area (Å²) in [7, 11) is 1.56. The maximum absolute atomic E-state index is 13.3. The number of nitrogens with zero attached hydrogens (tertiary/aromatic N) is 3. The highest BCUT2D eigenvalue weighted by molar-refractivity contribution is 7.15. The molecule has 1 aliphatic carbocycles. The van der Waals surface area contributed by atoms with E-state index >= 15 is 0 Å². The molecule has 0 fully saturated rings. The lowest BCUT2D eigenvalue weighted by atomic mass is 9.97. The van der Waals surface area contributed by atoms with Crippen molar-refractivity contribution in [2.24, 2.45) is 0 Å². The van der Waals surface area contributed by atoms with E-state index in [4.69, 9.17) is 21.3 Å². The molecule has 3 aromatic heterocycles. The molecule has 0 spiro atoms. The minimum atomic E-state index is -0.285. The van der Waals surface area contributed by atoms with E-state index in [-0.39, 0.29) is 5.91 Å². The summed E-state index contributed by atoms with van der Waals surface area (Å²) in [4.78, 5) is 27.7. The van der Waals surface area contributed by atoms with Crippen molar-refractivity contribution in [3.63, 3.8) is 0 Å². The largest absolute Gasteiger partial charge is 0.494 e. The lowest BCUT2D eigenvalue weighted by Crippen LogP contribution is -2.26. The van der Waals surface area contributed by atoms with Crippen LogP contribution >= 0.6 is 22.9 Å². The fourth-order valence-electron chi connectivity index (χ4n) is 4.24. The quantitative estimate of drug-likeness (QED) is 0.322. The summed E-state index contributed by atoms with van der Waals surface area (Å²) < 4.78 is 5.47.